The first-order chi connectivity index (χ1) is 10.5. The average Bonchev–Trinajstić information content (AvgIpc) is 2.44. The molecule has 0 aromatic rings. The van der Waals surface area contributed by atoms with Crippen LogP contribution in [0.15, 0.2) is 0 Å². The van der Waals surface area contributed by atoms with Crippen LogP contribution in [0.1, 0.15) is 61.3 Å². The van der Waals surface area contributed by atoms with Gasteiger partial charge in [0.25, 0.3) is 0 Å². The topological polar surface area (TPSA) is 18.5 Å². The normalized spacial score (nSPS) is 18.4. The molecule has 0 spiro atoms. The molecule has 2 atom stereocenters. The van der Waals surface area contributed by atoms with Crippen LogP contribution in [0.2, 0.25) is 50.9 Å². The molecule has 0 bridgehead atoms. The molecule has 2 unspecified atom stereocenters. The Morgan fingerprint density at radius 1 is 0.833 bits per heavy atom. The van der Waals surface area contributed by atoms with Crippen LogP contribution >= 0.6 is 0 Å². The Hall–Kier alpha value is 0.571. The van der Waals surface area contributed by atoms with Crippen LogP contribution in [-0.2, 0) is 8.85 Å². The summed E-state index contributed by atoms with van der Waals surface area (Å²) in [5.74, 6) is 0. The zero-order chi connectivity index (χ0) is 19.6. The van der Waals surface area contributed by atoms with Crippen molar-refractivity contribution in [3.63, 3.8) is 0 Å². The second kappa shape index (κ2) is 8.07. The van der Waals surface area contributed by atoms with Gasteiger partial charge >= 0.3 is 0 Å². The van der Waals surface area contributed by atoms with Gasteiger partial charge in [0.05, 0.1) is 13.3 Å². The molecular weight excluding hydrogens is 344 g/mol. The molecule has 0 heterocycles. The molecule has 0 radical (unpaired) electrons. The predicted molar refractivity (Wildman–Crippen MR) is 118 cm³/mol. The molecule has 0 aliphatic carbocycles. The smallest absolute Gasteiger partial charge is 0.216 e. The van der Waals surface area contributed by atoms with Gasteiger partial charge in [-0.3, -0.25) is 0 Å². The van der Waals surface area contributed by atoms with Crippen LogP contribution in [0.3, 0.4) is 0 Å². The lowest BCUT2D eigenvalue weighted by molar-refractivity contribution is 0.0839. The molecule has 24 heavy (non-hydrogen) atoms. The summed E-state index contributed by atoms with van der Waals surface area (Å²) in [5.41, 5.74) is 0.757. The molecule has 0 saturated heterocycles. The standard InChI is InChI=1S/C19H46O2Si3/c1-14-17(4)23(10,11)18(5,6)20-24(12,13)19(7,15-2)21-22(8,9)16-3/h17H,14-16H2,1-13H3. The summed E-state index contributed by atoms with van der Waals surface area (Å²) in [5, 5.41) is -0.147. The molecular formula is C19H46O2Si3. The second-order valence-corrected chi connectivity index (χ2v) is 24.3. The fraction of sp³-hybridized carbons (Fsp3) is 1.00. The molecule has 0 rings (SSSR count). The summed E-state index contributed by atoms with van der Waals surface area (Å²) < 4.78 is 13.9. The molecule has 0 aromatic carbocycles. The molecule has 0 saturated carbocycles. The van der Waals surface area contributed by atoms with Crippen molar-refractivity contribution in [1.29, 1.82) is 0 Å². The second-order valence-electron chi connectivity index (χ2n) is 9.95. The first kappa shape index (κ1) is 24.6. The summed E-state index contributed by atoms with van der Waals surface area (Å²) in [6.45, 7) is 30.7. The largest absolute Gasteiger partial charge is 0.412 e. The van der Waals surface area contributed by atoms with E-state index in [0.717, 1.165) is 18.0 Å². The van der Waals surface area contributed by atoms with Crippen LogP contribution in [0, 0.1) is 0 Å². The minimum atomic E-state index is -2.04. The van der Waals surface area contributed by atoms with Gasteiger partial charge in [-0.05, 0) is 65.0 Å². The van der Waals surface area contributed by atoms with Gasteiger partial charge in [0.2, 0.25) is 8.32 Å². The lowest BCUT2D eigenvalue weighted by Gasteiger charge is -2.53. The van der Waals surface area contributed by atoms with Gasteiger partial charge in [-0.15, -0.1) is 0 Å². The van der Waals surface area contributed by atoms with Gasteiger partial charge in [-0.25, -0.2) is 0 Å². The quantitative estimate of drug-likeness (QED) is 0.374. The van der Waals surface area contributed by atoms with Gasteiger partial charge in [0.1, 0.15) is 0 Å². The first-order valence-corrected chi connectivity index (χ1v) is 19.0. The molecule has 0 aromatic heterocycles. The van der Waals surface area contributed by atoms with Gasteiger partial charge < -0.3 is 8.85 Å². The summed E-state index contributed by atoms with van der Waals surface area (Å²) in [4.78, 5) is 0. The van der Waals surface area contributed by atoms with Crippen LogP contribution in [0.4, 0.5) is 0 Å². The zero-order valence-corrected chi connectivity index (χ0v) is 22.0. The molecule has 2 nitrogen and oxygen atoms in total. The summed E-state index contributed by atoms with van der Waals surface area (Å²) in [7, 11) is -5.20. The summed E-state index contributed by atoms with van der Waals surface area (Å²) in [6.07, 6.45) is 2.27. The van der Waals surface area contributed by atoms with Crippen molar-refractivity contribution in [3.8, 4) is 0 Å². The van der Waals surface area contributed by atoms with Crippen LogP contribution < -0.4 is 0 Å². The average molecular weight is 391 g/mol. The van der Waals surface area contributed by atoms with Crippen molar-refractivity contribution >= 4 is 24.7 Å². The highest BCUT2D eigenvalue weighted by molar-refractivity contribution is 6.83. The molecule has 146 valence electrons. The van der Waals surface area contributed by atoms with Crippen molar-refractivity contribution < 1.29 is 8.85 Å². The van der Waals surface area contributed by atoms with E-state index in [1.165, 1.54) is 6.42 Å². The number of rotatable bonds is 10. The van der Waals surface area contributed by atoms with Gasteiger partial charge in [-0.2, -0.15) is 0 Å². The Bertz CT molecular complexity index is 405. The highest BCUT2D eigenvalue weighted by atomic mass is 28.4. The van der Waals surface area contributed by atoms with Gasteiger partial charge in [0, 0.05) is 5.22 Å². The van der Waals surface area contributed by atoms with Crippen molar-refractivity contribution in [2.45, 2.75) is 123 Å². The molecule has 0 amide bonds. The maximum absolute atomic E-state index is 7.06. The predicted octanol–water partition coefficient (Wildman–Crippen LogP) is 6.98. The lowest BCUT2D eigenvalue weighted by atomic mass is 10.3. The fourth-order valence-electron chi connectivity index (χ4n) is 3.28. The van der Waals surface area contributed by atoms with Crippen molar-refractivity contribution in [2.24, 2.45) is 0 Å². The lowest BCUT2D eigenvalue weighted by Crippen LogP contribution is -2.66. The van der Waals surface area contributed by atoms with Crippen LogP contribution in [0.5, 0.6) is 0 Å². The van der Waals surface area contributed by atoms with E-state index in [1.54, 1.807) is 0 Å². The Morgan fingerprint density at radius 2 is 1.29 bits per heavy atom. The van der Waals surface area contributed by atoms with E-state index in [9.17, 15) is 0 Å². The van der Waals surface area contributed by atoms with Gasteiger partial charge in [-0.1, -0.05) is 47.2 Å². The van der Waals surface area contributed by atoms with E-state index in [4.69, 9.17) is 8.85 Å². The monoisotopic (exact) mass is 390 g/mol. The number of hydrogen-bond donors (Lipinski definition) is 0. The maximum Gasteiger partial charge on any atom is 0.216 e. The molecule has 0 N–H and O–H groups in total. The Kier molecular flexibility index (Phi) is 8.26. The van der Waals surface area contributed by atoms with E-state index in [1.807, 2.05) is 0 Å². The molecule has 0 aliphatic rings. The van der Waals surface area contributed by atoms with Crippen LogP contribution in [0.25, 0.3) is 0 Å². The van der Waals surface area contributed by atoms with E-state index >= 15 is 0 Å². The molecule has 5 heteroatoms. The molecule has 0 fully saturated rings. The summed E-state index contributed by atoms with van der Waals surface area (Å²) >= 11 is 0. The van der Waals surface area contributed by atoms with E-state index in [2.05, 4.69) is 87.7 Å². The van der Waals surface area contributed by atoms with Crippen LogP contribution in [-0.4, -0.2) is 35.2 Å². The van der Waals surface area contributed by atoms with E-state index in [-0.39, 0.29) is 10.4 Å². The SMILES string of the molecule is CCC(C)[Si](C)(C)C(C)(C)O[Si](C)(C)C(C)(CC)O[Si](C)(C)CC. The maximum atomic E-state index is 7.06. The van der Waals surface area contributed by atoms with E-state index < -0.39 is 24.7 Å². The highest BCUT2D eigenvalue weighted by Gasteiger charge is 2.53. The minimum absolute atomic E-state index is 0.0319. The Balaban J connectivity index is 5.63. The van der Waals surface area contributed by atoms with Gasteiger partial charge in [0.15, 0.2) is 8.32 Å². The van der Waals surface area contributed by atoms with E-state index in [0.29, 0.717) is 0 Å². The Labute approximate surface area is 156 Å². The highest BCUT2D eigenvalue weighted by Crippen LogP contribution is 2.42. The fourth-order valence-corrected chi connectivity index (χ4v) is 13.0. The van der Waals surface area contributed by atoms with Crippen molar-refractivity contribution in [1.82, 2.24) is 0 Å². The third-order valence-corrected chi connectivity index (χ3v) is 20.4. The number of hydrogen-bond acceptors (Lipinski definition) is 2. The third-order valence-electron chi connectivity index (χ3n) is 7.21. The zero-order valence-electron chi connectivity index (χ0n) is 19.0. The minimum Gasteiger partial charge on any atom is -0.412 e. The molecule has 0 aliphatic heterocycles. The van der Waals surface area contributed by atoms with Crippen molar-refractivity contribution in [3.05, 3.63) is 0 Å². The Morgan fingerprint density at radius 3 is 1.62 bits per heavy atom. The third kappa shape index (κ3) is 5.29. The summed E-state index contributed by atoms with van der Waals surface area (Å²) in [6, 6.07) is 1.16. The first-order valence-electron chi connectivity index (χ1n) is 9.92. The van der Waals surface area contributed by atoms with Crippen molar-refractivity contribution in [2.75, 3.05) is 0 Å².